The SMILES string of the molecule is CCCCNC(=O)[C@H](CC)N(Cc1cccc(C)c1)C(=O)Cc1ccccc1C. The molecule has 1 atom stereocenters. The van der Waals surface area contributed by atoms with Crippen molar-refractivity contribution in [2.75, 3.05) is 6.54 Å². The minimum Gasteiger partial charge on any atom is -0.354 e. The topological polar surface area (TPSA) is 49.4 Å². The maximum absolute atomic E-state index is 13.3. The van der Waals surface area contributed by atoms with Crippen LogP contribution in [-0.2, 0) is 22.6 Å². The Bertz CT molecular complexity index is 816. The van der Waals surface area contributed by atoms with Crippen molar-refractivity contribution in [2.45, 2.75) is 66.0 Å². The third-order valence-electron chi connectivity index (χ3n) is 5.25. The average molecular weight is 395 g/mol. The van der Waals surface area contributed by atoms with E-state index in [1.165, 1.54) is 0 Å². The van der Waals surface area contributed by atoms with Crippen LogP contribution in [0.5, 0.6) is 0 Å². The van der Waals surface area contributed by atoms with Crippen LogP contribution in [-0.4, -0.2) is 29.3 Å². The molecule has 0 unspecified atom stereocenters. The fraction of sp³-hybridized carbons (Fsp3) is 0.440. The molecule has 2 rings (SSSR count). The second-order valence-corrected chi connectivity index (χ2v) is 7.68. The summed E-state index contributed by atoms with van der Waals surface area (Å²) < 4.78 is 0. The van der Waals surface area contributed by atoms with E-state index in [-0.39, 0.29) is 11.8 Å². The highest BCUT2D eigenvalue weighted by atomic mass is 16.2. The monoisotopic (exact) mass is 394 g/mol. The van der Waals surface area contributed by atoms with Gasteiger partial charge in [0.1, 0.15) is 6.04 Å². The molecule has 0 saturated heterocycles. The molecule has 0 spiro atoms. The van der Waals surface area contributed by atoms with Crippen molar-refractivity contribution in [1.82, 2.24) is 10.2 Å². The summed E-state index contributed by atoms with van der Waals surface area (Å²) >= 11 is 0. The Morgan fingerprint density at radius 3 is 2.45 bits per heavy atom. The first kappa shape index (κ1) is 22.7. The van der Waals surface area contributed by atoms with Crippen LogP contribution in [0.15, 0.2) is 48.5 Å². The van der Waals surface area contributed by atoms with E-state index in [1.807, 2.05) is 63.2 Å². The van der Waals surface area contributed by atoms with Crippen molar-refractivity contribution >= 4 is 11.8 Å². The maximum Gasteiger partial charge on any atom is 0.242 e. The van der Waals surface area contributed by atoms with Gasteiger partial charge in [0.05, 0.1) is 6.42 Å². The van der Waals surface area contributed by atoms with Gasteiger partial charge in [-0.05, 0) is 43.4 Å². The van der Waals surface area contributed by atoms with Crippen LogP contribution in [0.1, 0.15) is 55.4 Å². The van der Waals surface area contributed by atoms with E-state index in [9.17, 15) is 9.59 Å². The van der Waals surface area contributed by atoms with Crippen LogP contribution >= 0.6 is 0 Å². The smallest absolute Gasteiger partial charge is 0.242 e. The third-order valence-corrected chi connectivity index (χ3v) is 5.25. The van der Waals surface area contributed by atoms with Crippen LogP contribution in [0.2, 0.25) is 0 Å². The van der Waals surface area contributed by atoms with Gasteiger partial charge in [-0.3, -0.25) is 9.59 Å². The largest absolute Gasteiger partial charge is 0.354 e. The number of hydrogen-bond donors (Lipinski definition) is 1. The van der Waals surface area contributed by atoms with Gasteiger partial charge in [0.15, 0.2) is 0 Å². The van der Waals surface area contributed by atoms with Gasteiger partial charge >= 0.3 is 0 Å². The second-order valence-electron chi connectivity index (χ2n) is 7.68. The van der Waals surface area contributed by atoms with Crippen LogP contribution in [0, 0.1) is 13.8 Å². The molecule has 4 heteroatoms. The lowest BCUT2D eigenvalue weighted by atomic mass is 10.0. The number of unbranched alkanes of at least 4 members (excludes halogenated alkanes) is 1. The zero-order valence-corrected chi connectivity index (χ0v) is 18.2. The van der Waals surface area contributed by atoms with Gasteiger partial charge in [-0.1, -0.05) is 74.4 Å². The van der Waals surface area contributed by atoms with Crippen molar-refractivity contribution in [2.24, 2.45) is 0 Å². The summed E-state index contributed by atoms with van der Waals surface area (Å²) in [6.45, 7) is 9.20. The molecule has 0 fully saturated rings. The molecular weight excluding hydrogens is 360 g/mol. The summed E-state index contributed by atoms with van der Waals surface area (Å²) in [5.74, 6) is -0.0787. The molecule has 0 radical (unpaired) electrons. The number of carbonyl (C=O) groups excluding carboxylic acids is 2. The predicted molar refractivity (Wildman–Crippen MR) is 119 cm³/mol. The summed E-state index contributed by atoms with van der Waals surface area (Å²) in [5.41, 5.74) is 4.29. The lowest BCUT2D eigenvalue weighted by Gasteiger charge is -2.31. The molecule has 0 saturated carbocycles. The number of rotatable bonds is 10. The maximum atomic E-state index is 13.3. The minimum atomic E-state index is -0.469. The van der Waals surface area contributed by atoms with Crippen molar-refractivity contribution in [3.63, 3.8) is 0 Å². The Morgan fingerprint density at radius 2 is 1.79 bits per heavy atom. The molecule has 29 heavy (non-hydrogen) atoms. The van der Waals surface area contributed by atoms with Crippen LogP contribution < -0.4 is 5.32 Å². The molecule has 0 aromatic heterocycles. The van der Waals surface area contributed by atoms with E-state index in [0.29, 0.717) is 25.9 Å². The minimum absolute atomic E-state index is 0.0155. The van der Waals surface area contributed by atoms with Crippen LogP contribution in [0.3, 0.4) is 0 Å². The summed E-state index contributed by atoms with van der Waals surface area (Å²) in [5, 5.41) is 3.01. The van der Waals surface area contributed by atoms with Crippen LogP contribution in [0.4, 0.5) is 0 Å². The zero-order chi connectivity index (χ0) is 21.2. The quantitative estimate of drug-likeness (QED) is 0.600. The number of amides is 2. The summed E-state index contributed by atoms with van der Waals surface area (Å²) in [6.07, 6.45) is 2.86. The Morgan fingerprint density at radius 1 is 1.03 bits per heavy atom. The number of aryl methyl sites for hydroxylation is 2. The number of nitrogens with zero attached hydrogens (tertiary/aromatic N) is 1. The molecule has 0 bridgehead atoms. The van der Waals surface area contributed by atoms with Gasteiger partial charge < -0.3 is 10.2 Å². The first-order valence-corrected chi connectivity index (χ1v) is 10.6. The average Bonchev–Trinajstić information content (AvgIpc) is 2.70. The van der Waals surface area contributed by atoms with Gasteiger partial charge in [0, 0.05) is 13.1 Å². The fourth-order valence-corrected chi connectivity index (χ4v) is 3.51. The number of nitrogens with one attached hydrogen (secondary N) is 1. The molecule has 156 valence electrons. The summed E-state index contributed by atoms with van der Waals surface area (Å²) in [7, 11) is 0. The number of hydrogen-bond acceptors (Lipinski definition) is 2. The molecule has 0 aliphatic rings. The Kier molecular flexibility index (Phi) is 8.91. The van der Waals surface area contributed by atoms with Gasteiger partial charge in [-0.15, -0.1) is 0 Å². The van der Waals surface area contributed by atoms with Crippen molar-refractivity contribution in [3.8, 4) is 0 Å². The van der Waals surface area contributed by atoms with E-state index in [2.05, 4.69) is 18.3 Å². The van der Waals surface area contributed by atoms with E-state index in [0.717, 1.165) is 35.1 Å². The number of carbonyl (C=O) groups is 2. The molecule has 2 amide bonds. The highest BCUT2D eigenvalue weighted by Gasteiger charge is 2.28. The molecule has 2 aromatic rings. The fourth-order valence-electron chi connectivity index (χ4n) is 3.51. The lowest BCUT2D eigenvalue weighted by molar-refractivity contribution is -0.140. The predicted octanol–water partition coefficient (Wildman–Crippen LogP) is 4.57. The molecular formula is C25H34N2O2. The van der Waals surface area contributed by atoms with Crippen LogP contribution in [0.25, 0.3) is 0 Å². The first-order chi connectivity index (χ1) is 14.0. The normalized spacial score (nSPS) is 11.7. The van der Waals surface area contributed by atoms with Gasteiger partial charge in [-0.25, -0.2) is 0 Å². The van der Waals surface area contributed by atoms with Crippen molar-refractivity contribution in [3.05, 3.63) is 70.8 Å². The third kappa shape index (κ3) is 6.74. The van der Waals surface area contributed by atoms with Gasteiger partial charge in [-0.2, -0.15) is 0 Å². The highest BCUT2D eigenvalue weighted by Crippen LogP contribution is 2.17. The Hall–Kier alpha value is -2.62. The van der Waals surface area contributed by atoms with Crippen molar-refractivity contribution < 1.29 is 9.59 Å². The molecule has 0 aliphatic heterocycles. The molecule has 2 aromatic carbocycles. The molecule has 4 nitrogen and oxygen atoms in total. The molecule has 1 N–H and O–H groups in total. The van der Waals surface area contributed by atoms with Gasteiger partial charge in [0.2, 0.25) is 11.8 Å². The number of benzene rings is 2. The zero-order valence-electron chi connectivity index (χ0n) is 18.2. The Balaban J connectivity index is 2.26. The highest BCUT2D eigenvalue weighted by molar-refractivity contribution is 5.88. The second kappa shape index (κ2) is 11.4. The summed E-state index contributed by atoms with van der Waals surface area (Å²) in [4.78, 5) is 28.0. The van der Waals surface area contributed by atoms with Gasteiger partial charge in [0.25, 0.3) is 0 Å². The molecule has 0 heterocycles. The summed E-state index contributed by atoms with van der Waals surface area (Å²) in [6, 6.07) is 15.6. The Labute approximate surface area is 175 Å². The van der Waals surface area contributed by atoms with Crippen molar-refractivity contribution in [1.29, 1.82) is 0 Å². The van der Waals surface area contributed by atoms with E-state index in [4.69, 9.17) is 0 Å². The first-order valence-electron chi connectivity index (χ1n) is 10.6. The van der Waals surface area contributed by atoms with E-state index >= 15 is 0 Å². The molecule has 0 aliphatic carbocycles. The lowest BCUT2D eigenvalue weighted by Crippen LogP contribution is -2.49. The van der Waals surface area contributed by atoms with E-state index in [1.54, 1.807) is 4.90 Å². The van der Waals surface area contributed by atoms with E-state index < -0.39 is 6.04 Å². The standard InChI is InChI=1S/C25H34N2O2/c1-5-7-15-26-25(29)23(6-2)27(18-21-13-10-11-19(3)16-21)24(28)17-22-14-9-8-12-20(22)4/h8-14,16,23H,5-7,15,17-18H2,1-4H3,(H,26,29)/t23-/m0/s1.